The summed E-state index contributed by atoms with van der Waals surface area (Å²) in [7, 11) is 0. The molecule has 4 heteroatoms. The Labute approximate surface area is 98.6 Å². The molecule has 4 nitrogen and oxygen atoms in total. The Morgan fingerprint density at radius 2 is 2.06 bits per heavy atom. The highest BCUT2D eigenvalue weighted by atomic mass is 16.2. The molecule has 0 bridgehead atoms. The van der Waals surface area contributed by atoms with Crippen LogP contribution in [0.1, 0.15) is 39.0 Å². The van der Waals surface area contributed by atoms with E-state index < -0.39 is 0 Å². The summed E-state index contributed by atoms with van der Waals surface area (Å²) in [6.45, 7) is 6.23. The van der Waals surface area contributed by atoms with Crippen molar-refractivity contribution < 1.29 is 4.79 Å². The van der Waals surface area contributed by atoms with Crippen LogP contribution in [0.3, 0.4) is 0 Å². The monoisotopic (exact) mass is 227 g/mol. The predicted octanol–water partition coefficient (Wildman–Crippen LogP) is 0.716. The third-order valence-electron chi connectivity index (χ3n) is 3.18. The number of piperidine rings is 1. The van der Waals surface area contributed by atoms with Crippen molar-refractivity contribution in [1.29, 1.82) is 0 Å². The third kappa shape index (κ3) is 4.94. The van der Waals surface area contributed by atoms with E-state index in [-0.39, 0.29) is 11.9 Å². The van der Waals surface area contributed by atoms with Crippen molar-refractivity contribution in [2.45, 2.75) is 45.1 Å². The van der Waals surface area contributed by atoms with E-state index in [1.54, 1.807) is 0 Å². The van der Waals surface area contributed by atoms with Gasteiger partial charge >= 0.3 is 0 Å². The smallest absolute Gasteiger partial charge is 0.236 e. The van der Waals surface area contributed by atoms with Crippen molar-refractivity contribution in [3.63, 3.8) is 0 Å². The van der Waals surface area contributed by atoms with Crippen molar-refractivity contribution in [2.75, 3.05) is 26.2 Å². The highest BCUT2D eigenvalue weighted by Gasteiger charge is 2.11. The Morgan fingerprint density at radius 1 is 1.38 bits per heavy atom. The summed E-state index contributed by atoms with van der Waals surface area (Å²) in [6.07, 6.45) is 5.76. The van der Waals surface area contributed by atoms with Crippen LogP contribution in [-0.4, -0.2) is 43.0 Å². The SMILES string of the molecule is CC[C@H](N)C(=O)NCCCN1CCCCC1. The molecule has 0 spiro atoms. The minimum absolute atomic E-state index is 0.0128. The lowest BCUT2D eigenvalue weighted by atomic mass is 10.1. The fraction of sp³-hybridized carbons (Fsp3) is 0.917. The number of nitrogens with one attached hydrogen (secondary N) is 1. The van der Waals surface area contributed by atoms with E-state index in [2.05, 4.69) is 10.2 Å². The summed E-state index contributed by atoms with van der Waals surface area (Å²) in [5.41, 5.74) is 5.62. The summed E-state index contributed by atoms with van der Waals surface area (Å²) in [5, 5.41) is 2.88. The Hall–Kier alpha value is -0.610. The lowest BCUT2D eigenvalue weighted by Gasteiger charge is -2.26. The van der Waals surface area contributed by atoms with Gasteiger partial charge in [-0.2, -0.15) is 0 Å². The lowest BCUT2D eigenvalue weighted by molar-refractivity contribution is -0.122. The van der Waals surface area contributed by atoms with Gasteiger partial charge in [0.15, 0.2) is 0 Å². The molecule has 1 aliphatic rings. The zero-order valence-electron chi connectivity index (χ0n) is 10.4. The maximum Gasteiger partial charge on any atom is 0.236 e. The minimum Gasteiger partial charge on any atom is -0.355 e. The van der Waals surface area contributed by atoms with Crippen LogP contribution in [0.15, 0.2) is 0 Å². The number of hydrogen-bond acceptors (Lipinski definition) is 3. The standard InChI is InChI=1S/C12H25N3O/c1-2-11(13)12(16)14-7-6-10-15-8-4-3-5-9-15/h11H,2-10,13H2,1H3,(H,14,16)/t11-/m0/s1. The van der Waals surface area contributed by atoms with Gasteiger partial charge in [-0.25, -0.2) is 0 Å². The number of amides is 1. The molecule has 1 saturated heterocycles. The van der Waals surface area contributed by atoms with Gasteiger partial charge in [-0.15, -0.1) is 0 Å². The van der Waals surface area contributed by atoms with E-state index >= 15 is 0 Å². The second-order valence-corrected chi connectivity index (χ2v) is 4.56. The van der Waals surface area contributed by atoms with Crippen LogP contribution in [0.5, 0.6) is 0 Å². The van der Waals surface area contributed by atoms with Gasteiger partial charge in [0.2, 0.25) is 5.91 Å². The van der Waals surface area contributed by atoms with Crippen molar-refractivity contribution in [1.82, 2.24) is 10.2 Å². The molecule has 1 aliphatic heterocycles. The van der Waals surface area contributed by atoms with E-state index in [4.69, 9.17) is 5.73 Å². The highest BCUT2D eigenvalue weighted by molar-refractivity contribution is 5.81. The van der Waals surface area contributed by atoms with Crippen LogP contribution < -0.4 is 11.1 Å². The molecular weight excluding hydrogens is 202 g/mol. The zero-order chi connectivity index (χ0) is 11.8. The predicted molar refractivity (Wildman–Crippen MR) is 66.2 cm³/mol. The number of nitrogens with zero attached hydrogens (tertiary/aromatic N) is 1. The average Bonchev–Trinajstić information content (AvgIpc) is 2.34. The maximum atomic E-state index is 11.4. The van der Waals surface area contributed by atoms with Gasteiger partial charge < -0.3 is 16.0 Å². The Morgan fingerprint density at radius 3 is 2.69 bits per heavy atom. The highest BCUT2D eigenvalue weighted by Crippen LogP contribution is 2.08. The van der Waals surface area contributed by atoms with Gasteiger partial charge in [0.05, 0.1) is 6.04 Å². The maximum absolute atomic E-state index is 11.4. The van der Waals surface area contributed by atoms with E-state index in [9.17, 15) is 4.79 Å². The van der Waals surface area contributed by atoms with Crippen LogP contribution in [0.2, 0.25) is 0 Å². The fourth-order valence-electron chi connectivity index (χ4n) is 2.01. The number of nitrogens with two attached hydrogens (primary N) is 1. The van der Waals surface area contributed by atoms with Crippen LogP contribution >= 0.6 is 0 Å². The minimum atomic E-state index is -0.338. The summed E-state index contributed by atoms with van der Waals surface area (Å²) in [4.78, 5) is 13.9. The van der Waals surface area contributed by atoms with Crippen molar-refractivity contribution >= 4 is 5.91 Å². The van der Waals surface area contributed by atoms with Crippen LogP contribution in [0.25, 0.3) is 0 Å². The Balaban J connectivity index is 2.00. The van der Waals surface area contributed by atoms with Gasteiger partial charge in [-0.05, 0) is 45.3 Å². The van der Waals surface area contributed by atoms with Gasteiger partial charge in [-0.1, -0.05) is 13.3 Å². The molecule has 1 heterocycles. The van der Waals surface area contributed by atoms with Crippen LogP contribution in [0, 0.1) is 0 Å². The van der Waals surface area contributed by atoms with E-state index in [0.29, 0.717) is 6.42 Å². The molecule has 1 rings (SSSR count). The molecule has 0 aromatic heterocycles. The summed E-state index contributed by atoms with van der Waals surface area (Å²) < 4.78 is 0. The summed E-state index contributed by atoms with van der Waals surface area (Å²) >= 11 is 0. The topological polar surface area (TPSA) is 58.4 Å². The summed E-state index contributed by atoms with van der Waals surface area (Å²) in [6, 6.07) is -0.338. The van der Waals surface area contributed by atoms with Crippen molar-refractivity contribution in [3.8, 4) is 0 Å². The van der Waals surface area contributed by atoms with E-state index in [1.807, 2.05) is 6.92 Å². The first kappa shape index (κ1) is 13.5. The normalized spacial score (nSPS) is 19.4. The molecule has 0 aromatic carbocycles. The van der Waals surface area contributed by atoms with Gasteiger partial charge in [0.25, 0.3) is 0 Å². The zero-order valence-corrected chi connectivity index (χ0v) is 10.4. The lowest BCUT2D eigenvalue weighted by Crippen LogP contribution is -2.41. The molecule has 0 radical (unpaired) electrons. The fourth-order valence-corrected chi connectivity index (χ4v) is 2.01. The first-order valence-corrected chi connectivity index (χ1v) is 6.49. The number of rotatable bonds is 6. The molecule has 0 unspecified atom stereocenters. The first-order valence-electron chi connectivity index (χ1n) is 6.49. The average molecular weight is 227 g/mol. The van der Waals surface area contributed by atoms with Crippen LogP contribution in [0.4, 0.5) is 0 Å². The third-order valence-corrected chi connectivity index (χ3v) is 3.18. The van der Waals surface area contributed by atoms with Crippen LogP contribution in [-0.2, 0) is 4.79 Å². The molecule has 1 atom stereocenters. The molecule has 16 heavy (non-hydrogen) atoms. The molecule has 0 aliphatic carbocycles. The number of carbonyl (C=O) groups is 1. The number of likely N-dealkylation sites (tertiary alicyclic amines) is 1. The van der Waals surface area contributed by atoms with Gasteiger partial charge in [0.1, 0.15) is 0 Å². The summed E-state index contributed by atoms with van der Waals surface area (Å²) in [5.74, 6) is -0.0128. The molecule has 0 saturated carbocycles. The van der Waals surface area contributed by atoms with E-state index in [0.717, 1.165) is 19.5 Å². The number of hydrogen-bond donors (Lipinski definition) is 2. The second kappa shape index (κ2) is 7.63. The molecule has 1 fully saturated rings. The molecule has 94 valence electrons. The van der Waals surface area contributed by atoms with E-state index in [1.165, 1.54) is 32.4 Å². The second-order valence-electron chi connectivity index (χ2n) is 4.56. The Kier molecular flexibility index (Phi) is 6.42. The molecule has 1 amide bonds. The molecule has 0 aromatic rings. The van der Waals surface area contributed by atoms with Gasteiger partial charge in [0, 0.05) is 6.54 Å². The molecular formula is C12H25N3O. The van der Waals surface area contributed by atoms with Crippen molar-refractivity contribution in [3.05, 3.63) is 0 Å². The quantitative estimate of drug-likeness (QED) is 0.657. The number of carbonyl (C=O) groups excluding carboxylic acids is 1. The van der Waals surface area contributed by atoms with Gasteiger partial charge in [-0.3, -0.25) is 4.79 Å². The Bertz CT molecular complexity index is 202. The first-order chi connectivity index (χ1) is 7.74. The molecule has 3 N–H and O–H groups in total. The largest absolute Gasteiger partial charge is 0.355 e. The van der Waals surface area contributed by atoms with Crippen molar-refractivity contribution in [2.24, 2.45) is 5.73 Å².